The molecular formula is C31H39N5O4. The van der Waals surface area contributed by atoms with Gasteiger partial charge in [0.05, 0.1) is 42.7 Å². The number of nitrogens with zero attached hydrogens (tertiary/aromatic N) is 3. The maximum atomic E-state index is 13.4. The van der Waals surface area contributed by atoms with E-state index in [1.807, 2.05) is 18.2 Å². The van der Waals surface area contributed by atoms with Crippen LogP contribution in [0.4, 0.5) is 5.69 Å². The van der Waals surface area contributed by atoms with Crippen molar-refractivity contribution in [3.63, 3.8) is 0 Å². The zero-order chi connectivity index (χ0) is 27.1. The van der Waals surface area contributed by atoms with E-state index in [9.17, 15) is 9.90 Å². The Bertz CT molecular complexity index is 1330. The molecular weight excluding hydrogens is 506 g/mol. The first kappa shape index (κ1) is 26.0. The summed E-state index contributed by atoms with van der Waals surface area (Å²) in [5.74, 6) is -0.0784. The van der Waals surface area contributed by atoms with Crippen LogP contribution in [-0.4, -0.2) is 95.9 Å². The molecule has 2 aromatic carbocycles. The summed E-state index contributed by atoms with van der Waals surface area (Å²) in [6, 6.07) is 15.2. The Labute approximate surface area is 234 Å². The molecule has 0 saturated carbocycles. The number of piperidine rings is 1. The van der Waals surface area contributed by atoms with Gasteiger partial charge in [-0.15, -0.1) is 0 Å². The number of aromatic nitrogens is 2. The normalized spacial score (nSPS) is 29.1. The number of H-pyrrole nitrogens is 1. The number of ether oxygens (including phenoxy) is 2. The van der Waals surface area contributed by atoms with Crippen LogP contribution in [-0.2, 0) is 9.47 Å². The third-order valence-corrected chi connectivity index (χ3v) is 9.53. The maximum Gasteiger partial charge on any atom is 0.251 e. The van der Waals surface area contributed by atoms with Gasteiger partial charge in [0.15, 0.2) is 0 Å². The van der Waals surface area contributed by atoms with Crippen molar-refractivity contribution in [1.29, 1.82) is 0 Å². The predicted octanol–water partition coefficient (Wildman–Crippen LogP) is 3.33. The fourth-order valence-corrected chi connectivity index (χ4v) is 7.46. The standard InChI is InChI=1S/C31H39N5O4/c37-26-17-24-7-8-25(18-26)36(24)23-5-2-21(3-6-23)29-27-16-22(4-9-28(27)33-34-29)30(38)32-19-31(10-1-13-40-20-31)35-11-14-39-15-12-35/h2-6,9,16,24-26,37H,1,7-8,10-15,17-20H2,(H,32,38)(H,33,34)/t24-,25+,26+,31?. The zero-order valence-corrected chi connectivity index (χ0v) is 23.0. The monoisotopic (exact) mass is 545 g/mol. The Kier molecular flexibility index (Phi) is 6.99. The first-order valence-electron chi connectivity index (χ1n) is 14.8. The predicted molar refractivity (Wildman–Crippen MR) is 154 cm³/mol. The average Bonchev–Trinajstić information content (AvgIpc) is 3.55. The van der Waals surface area contributed by atoms with Crippen molar-refractivity contribution in [1.82, 2.24) is 20.4 Å². The second-order valence-electron chi connectivity index (χ2n) is 12.0. The van der Waals surface area contributed by atoms with Gasteiger partial charge in [0.1, 0.15) is 0 Å². The SMILES string of the molecule is O=C(NCC1(N2CCOCC2)CCCOC1)c1ccc2[nH]nc(-c3ccc(N4[C@@H]5CC[C@H]4C[C@@H](O)C5)cc3)c2c1. The third kappa shape index (κ3) is 4.79. The Balaban J connectivity index is 1.09. The van der Waals surface area contributed by atoms with Crippen LogP contribution in [0.15, 0.2) is 42.5 Å². The Morgan fingerprint density at radius 3 is 2.55 bits per heavy atom. The van der Waals surface area contributed by atoms with Crippen molar-refractivity contribution in [3.8, 4) is 11.3 Å². The number of hydrogen-bond acceptors (Lipinski definition) is 7. The second kappa shape index (κ2) is 10.8. The van der Waals surface area contributed by atoms with Crippen molar-refractivity contribution in [3.05, 3.63) is 48.0 Å². The second-order valence-corrected chi connectivity index (χ2v) is 12.0. The van der Waals surface area contributed by atoms with Crippen LogP contribution in [0.3, 0.4) is 0 Å². The summed E-state index contributed by atoms with van der Waals surface area (Å²) in [6.07, 6.45) is 5.85. The molecule has 4 fully saturated rings. The number of morpholine rings is 1. The minimum Gasteiger partial charge on any atom is -0.393 e. The first-order valence-corrected chi connectivity index (χ1v) is 14.8. The summed E-state index contributed by atoms with van der Waals surface area (Å²) in [7, 11) is 0. The molecule has 4 saturated heterocycles. The molecule has 1 aromatic heterocycles. The topological polar surface area (TPSA) is 103 Å². The van der Waals surface area contributed by atoms with E-state index in [0.717, 1.165) is 93.6 Å². The van der Waals surface area contributed by atoms with Gasteiger partial charge in [0.2, 0.25) is 0 Å². The summed E-state index contributed by atoms with van der Waals surface area (Å²) in [4.78, 5) is 18.3. The summed E-state index contributed by atoms with van der Waals surface area (Å²) in [5.41, 5.74) is 4.43. The van der Waals surface area contributed by atoms with E-state index in [2.05, 4.69) is 49.6 Å². The highest BCUT2D eigenvalue weighted by Gasteiger charge is 2.41. The molecule has 0 spiro atoms. The number of anilines is 1. The number of aromatic amines is 1. The number of hydrogen-bond donors (Lipinski definition) is 3. The smallest absolute Gasteiger partial charge is 0.251 e. The van der Waals surface area contributed by atoms with Crippen molar-refractivity contribution >= 4 is 22.5 Å². The lowest BCUT2D eigenvalue weighted by atomic mass is 9.89. The summed E-state index contributed by atoms with van der Waals surface area (Å²) in [5, 5.41) is 22.1. The molecule has 4 aliphatic heterocycles. The number of rotatable bonds is 6. The van der Waals surface area contributed by atoms with Crippen molar-refractivity contribution in [2.75, 3.05) is 51.0 Å². The molecule has 3 aromatic rings. The molecule has 0 aliphatic carbocycles. The minimum absolute atomic E-state index is 0.0784. The van der Waals surface area contributed by atoms with Crippen molar-refractivity contribution in [2.24, 2.45) is 0 Å². The molecule has 0 radical (unpaired) electrons. The molecule has 1 unspecified atom stereocenters. The van der Waals surface area contributed by atoms with E-state index in [1.54, 1.807) is 0 Å². The van der Waals surface area contributed by atoms with E-state index < -0.39 is 0 Å². The number of carbonyl (C=O) groups excluding carboxylic acids is 1. The van der Waals surface area contributed by atoms with Crippen LogP contribution in [0.1, 0.15) is 48.9 Å². The fourth-order valence-electron chi connectivity index (χ4n) is 7.46. The molecule has 9 nitrogen and oxygen atoms in total. The van der Waals surface area contributed by atoms with Crippen LogP contribution in [0.2, 0.25) is 0 Å². The number of amides is 1. The number of nitrogens with one attached hydrogen (secondary N) is 2. The fraction of sp³-hybridized carbons (Fsp3) is 0.548. The molecule has 1 amide bonds. The van der Waals surface area contributed by atoms with Gasteiger partial charge in [-0.3, -0.25) is 14.8 Å². The van der Waals surface area contributed by atoms with E-state index in [4.69, 9.17) is 9.47 Å². The molecule has 9 heteroatoms. The van der Waals surface area contributed by atoms with E-state index in [-0.39, 0.29) is 17.6 Å². The van der Waals surface area contributed by atoms with Gasteiger partial charge in [-0.25, -0.2) is 0 Å². The molecule has 7 rings (SSSR count). The van der Waals surface area contributed by atoms with Crippen LogP contribution in [0, 0.1) is 0 Å². The number of fused-ring (bicyclic) bond motifs is 3. The van der Waals surface area contributed by atoms with Crippen molar-refractivity contribution in [2.45, 2.75) is 62.3 Å². The van der Waals surface area contributed by atoms with Gasteiger partial charge in [-0.05, 0) is 68.9 Å². The molecule has 40 heavy (non-hydrogen) atoms. The Morgan fingerprint density at radius 2 is 1.82 bits per heavy atom. The van der Waals surface area contributed by atoms with Gasteiger partial charge in [0.25, 0.3) is 5.91 Å². The minimum atomic E-state index is -0.184. The highest BCUT2D eigenvalue weighted by Crippen LogP contribution is 2.40. The van der Waals surface area contributed by atoms with Gasteiger partial charge in [0, 0.05) is 60.5 Å². The Morgan fingerprint density at radius 1 is 1.05 bits per heavy atom. The third-order valence-electron chi connectivity index (χ3n) is 9.53. The Hall–Kier alpha value is -2.98. The summed E-state index contributed by atoms with van der Waals surface area (Å²) >= 11 is 0. The largest absolute Gasteiger partial charge is 0.393 e. The quantitative estimate of drug-likeness (QED) is 0.437. The highest BCUT2D eigenvalue weighted by atomic mass is 16.5. The molecule has 4 atom stereocenters. The number of aliphatic hydroxyl groups excluding tert-OH is 1. The van der Waals surface area contributed by atoms with Gasteiger partial charge >= 0.3 is 0 Å². The summed E-state index contributed by atoms with van der Waals surface area (Å²) < 4.78 is 11.5. The van der Waals surface area contributed by atoms with E-state index >= 15 is 0 Å². The molecule has 212 valence electrons. The van der Waals surface area contributed by atoms with Crippen LogP contribution in [0.25, 0.3) is 22.2 Å². The first-order chi connectivity index (χ1) is 19.6. The van der Waals surface area contributed by atoms with Crippen LogP contribution >= 0.6 is 0 Å². The van der Waals surface area contributed by atoms with Gasteiger partial charge in [-0.2, -0.15) is 5.10 Å². The van der Waals surface area contributed by atoms with Gasteiger partial charge < -0.3 is 24.8 Å². The lowest BCUT2D eigenvalue weighted by Gasteiger charge is -2.47. The lowest BCUT2D eigenvalue weighted by molar-refractivity contribution is -0.0840. The molecule has 5 heterocycles. The number of carbonyl (C=O) groups is 1. The molecule has 4 aliphatic rings. The van der Waals surface area contributed by atoms with E-state index in [0.29, 0.717) is 30.8 Å². The van der Waals surface area contributed by atoms with Crippen molar-refractivity contribution < 1.29 is 19.4 Å². The molecule has 3 N–H and O–H groups in total. The lowest BCUT2D eigenvalue weighted by Crippen LogP contribution is -2.62. The maximum absolute atomic E-state index is 13.4. The zero-order valence-electron chi connectivity index (χ0n) is 23.0. The average molecular weight is 546 g/mol. The van der Waals surface area contributed by atoms with Crippen LogP contribution in [0.5, 0.6) is 0 Å². The summed E-state index contributed by atoms with van der Waals surface area (Å²) in [6.45, 7) is 5.14. The van der Waals surface area contributed by atoms with Crippen LogP contribution < -0.4 is 10.2 Å². The molecule has 2 bridgehead atoms. The number of benzene rings is 2. The number of aliphatic hydroxyl groups is 1. The van der Waals surface area contributed by atoms with E-state index in [1.165, 1.54) is 5.69 Å². The highest BCUT2D eigenvalue weighted by molar-refractivity contribution is 6.01. The van der Waals surface area contributed by atoms with Gasteiger partial charge in [-0.1, -0.05) is 12.1 Å².